The lowest BCUT2D eigenvalue weighted by Crippen LogP contribution is -2.43. The summed E-state index contributed by atoms with van der Waals surface area (Å²) >= 11 is 0. The van der Waals surface area contributed by atoms with Gasteiger partial charge in [-0.2, -0.15) is 13.2 Å². The number of halogens is 3. The Labute approximate surface area is 153 Å². The van der Waals surface area contributed by atoms with Crippen molar-refractivity contribution in [1.29, 1.82) is 0 Å². The van der Waals surface area contributed by atoms with Gasteiger partial charge < -0.3 is 14.3 Å². The van der Waals surface area contributed by atoms with E-state index in [0.717, 1.165) is 11.8 Å². The van der Waals surface area contributed by atoms with Gasteiger partial charge in [0.15, 0.2) is 11.5 Å². The van der Waals surface area contributed by atoms with Gasteiger partial charge in [0, 0.05) is 37.8 Å². The summed E-state index contributed by atoms with van der Waals surface area (Å²) in [6.45, 7) is 2.49. The van der Waals surface area contributed by atoms with Crippen molar-refractivity contribution < 1.29 is 27.3 Å². The molecule has 0 N–H and O–H groups in total. The zero-order valence-corrected chi connectivity index (χ0v) is 15.2. The Bertz CT molecular complexity index is 918. The van der Waals surface area contributed by atoms with Crippen LogP contribution in [-0.2, 0) is 6.54 Å². The van der Waals surface area contributed by atoms with Crippen LogP contribution < -0.4 is 0 Å². The van der Waals surface area contributed by atoms with Crippen LogP contribution in [0.15, 0.2) is 22.7 Å². The average molecular weight is 381 g/mol. The Balaban J connectivity index is 1.96. The average Bonchev–Trinajstić information content (AvgIpc) is 3.17. The van der Waals surface area contributed by atoms with Crippen molar-refractivity contribution in [3.05, 3.63) is 40.6 Å². The van der Waals surface area contributed by atoms with Crippen molar-refractivity contribution in [3.63, 3.8) is 0 Å². The maximum Gasteiger partial charge on any atom is 0.408 e. The van der Waals surface area contributed by atoms with Gasteiger partial charge in [-0.1, -0.05) is 5.16 Å². The highest BCUT2D eigenvalue weighted by Crippen LogP contribution is 2.35. The molecule has 0 unspecified atom stereocenters. The molecule has 27 heavy (non-hydrogen) atoms. The summed E-state index contributed by atoms with van der Waals surface area (Å²) in [7, 11) is 3.16. The molecule has 144 valence electrons. The number of fused-ring (bicyclic) bond motifs is 1. The van der Waals surface area contributed by atoms with Gasteiger partial charge in [0.2, 0.25) is 0 Å². The molecular weight excluding hydrogens is 363 g/mol. The molecule has 1 aliphatic rings. The van der Waals surface area contributed by atoms with E-state index >= 15 is 0 Å². The number of hydrogen-bond donors (Lipinski definition) is 0. The largest absolute Gasteiger partial charge is 0.408 e. The Morgan fingerprint density at radius 2 is 1.96 bits per heavy atom. The molecule has 3 rings (SSSR count). The van der Waals surface area contributed by atoms with Gasteiger partial charge >= 0.3 is 6.18 Å². The minimum Gasteiger partial charge on any atom is -0.355 e. The van der Waals surface area contributed by atoms with Gasteiger partial charge in [-0.15, -0.1) is 0 Å². The second kappa shape index (κ2) is 6.40. The first-order chi connectivity index (χ1) is 12.5. The van der Waals surface area contributed by atoms with Crippen LogP contribution in [0.3, 0.4) is 0 Å². The number of hydrogen-bond acceptors (Lipinski definition) is 4. The van der Waals surface area contributed by atoms with E-state index in [1.54, 1.807) is 33.2 Å². The number of amides is 2. The quantitative estimate of drug-likeness (QED) is 0.819. The predicted octanol–water partition coefficient (Wildman–Crippen LogP) is 3.26. The third-order valence-corrected chi connectivity index (χ3v) is 4.59. The zero-order valence-electron chi connectivity index (χ0n) is 15.2. The molecule has 0 bridgehead atoms. The molecule has 9 heteroatoms. The van der Waals surface area contributed by atoms with Gasteiger partial charge in [-0.25, -0.2) is 0 Å². The normalized spacial score (nSPS) is 15.1. The number of alkyl halides is 3. The summed E-state index contributed by atoms with van der Waals surface area (Å²) < 4.78 is 44.3. The Morgan fingerprint density at radius 3 is 2.56 bits per heavy atom. The van der Waals surface area contributed by atoms with Crippen molar-refractivity contribution in [1.82, 2.24) is 15.0 Å². The lowest BCUT2D eigenvalue weighted by atomic mass is 9.99. The first kappa shape index (κ1) is 18.9. The van der Waals surface area contributed by atoms with Gasteiger partial charge in [0.25, 0.3) is 11.8 Å². The Morgan fingerprint density at radius 1 is 1.30 bits per heavy atom. The monoisotopic (exact) mass is 381 g/mol. The molecule has 6 nitrogen and oxygen atoms in total. The molecule has 2 aromatic rings. The third-order valence-electron chi connectivity index (χ3n) is 4.59. The van der Waals surface area contributed by atoms with E-state index in [2.05, 4.69) is 5.16 Å². The molecule has 0 spiro atoms. The van der Waals surface area contributed by atoms with Crippen LogP contribution in [0, 0.1) is 6.92 Å². The number of aromatic nitrogens is 1. The third kappa shape index (κ3) is 3.29. The molecule has 0 aliphatic carbocycles. The topological polar surface area (TPSA) is 66.7 Å². The number of rotatable bonds is 3. The number of benzene rings is 1. The number of carbonyl (C=O) groups excluding carboxylic acids is 2. The van der Waals surface area contributed by atoms with Crippen molar-refractivity contribution in [2.24, 2.45) is 0 Å². The molecule has 1 aliphatic heterocycles. The second-order valence-electron chi connectivity index (χ2n) is 6.75. The first-order valence-electron chi connectivity index (χ1n) is 8.20. The minimum atomic E-state index is -4.50. The van der Waals surface area contributed by atoms with Gasteiger partial charge in [0.1, 0.15) is 6.04 Å². The van der Waals surface area contributed by atoms with E-state index < -0.39 is 18.1 Å². The van der Waals surface area contributed by atoms with Crippen LogP contribution in [0.1, 0.15) is 38.9 Å². The highest BCUT2D eigenvalue weighted by Gasteiger charge is 2.45. The lowest BCUT2D eigenvalue weighted by molar-refractivity contribution is -0.172. The second-order valence-corrected chi connectivity index (χ2v) is 6.75. The van der Waals surface area contributed by atoms with E-state index in [0.29, 0.717) is 22.5 Å². The van der Waals surface area contributed by atoms with E-state index in [1.807, 2.05) is 0 Å². The summed E-state index contributed by atoms with van der Waals surface area (Å²) in [5.74, 6) is -0.663. The van der Waals surface area contributed by atoms with Crippen LogP contribution in [0.5, 0.6) is 0 Å². The maximum absolute atomic E-state index is 13.0. The number of nitrogens with zero attached hydrogens (tertiary/aromatic N) is 3. The zero-order chi connectivity index (χ0) is 20.1. The van der Waals surface area contributed by atoms with Crippen LogP contribution in [0.2, 0.25) is 0 Å². The van der Waals surface area contributed by atoms with Crippen molar-refractivity contribution >= 4 is 11.8 Å². The van der Waals surface area contributed by atoms with E-state index in [-0.39, 0.29) is 23.7 Å². The van der Waals surface area contributed by atoms with Gasteiger partial charge in [0.05, 0.1) is 0 Å². The number of carbonyl (C=O) groups is 2. The lowest BCUT2D eigenvalue weighted by Gasteiger charge is -2.26. The summed E-state index contributed by atoms with van der Waals surface area (Å²) in [4.78, 5) is 26.6. The van der Waals surface area contributed by atoms with Gasteiger partial charge in [-0.3, -0.25) is 9.59 Å². The summed E-state index contributed by atoms with van der Waals surface area (Å²) in [5, 5.41) is 3.74. The summed E-state index contributed by atoms with van der Waals surface area (Å²) in [5.41, 5.74) is 1.98. The molecule has 0 fully saturated rings. The minimum absolute atomic E-state index is 0.122. The van der Waals surface area contributed by atoms with E-state index in [9.17, 15) is 22.8 Å². The van der Waals surface area contributed by atoms with Crippen LogP contribution in [0.4, 0.5) is 13.2 Å². The fraction of sp³-hybridized carbons (Fsp3) is 0.389. The highest BCUT2D eigenvalue weighted by molar-refractivity contribution is 6.00. The molecule has 0 saturated heterocycles. The van der Waals surface area contributed by atoms with Crippen molar-refractivity contribution in [2.75, 3.05) is 14.1 Å². The summed E-state index contributed by atoms with van der Waals surface area (Å²) in [6, 6.07) is 2.84. The Kier molecular flexibility index (Phi) is 4.49. The van der Waals surface area contributed by atoms with Crippen LogP contribution in [0.25, 0.3) is 11.3 Å². The SMILES string of the molecule is Cc1cc(-c2cc(C(=O)N(C)C)no2)cc2c1C(=O)N([C@@H](C)C(F)(F)F)C2. The fourth-order valence-corrected chi connectivity index (χ4v) is 3.06. The molecular formula is C18H18F3N3O3. The van der Waals surface area contributed by atoms with Crippen LogP contribution in [-0.4, -0.2) is 53.1 Å². The molecule has 0 radical (unpaired) electrons. The number of aryl methyl sites for hydroxylation is 1. The van der Waals surface area contributed by atoms with Crippen molar-refractivity contribution in [2.45, 2.75) is 32.6 Å². The Hall–Kier alpha value is -2.84. The van der Waals surface area contributed by atoms with Gasteiger partial charge in [-0.05, 0) is 37.1 Å². The van der Waals surface area contributed by atoms with Crippen molar-refractivity contribution in [3.8, 4) is 11.3 Å². The molecule has 2 amide bonds. The smallest absolute Gasteiger partial charge is 0.355 e. The molecule has 1 aromatic carbocycles. The standard InChI is InChI=1S/C18H18F3N3O3/c1-9-5-11(14-7-13(22-27-14)16(25)23(3)4)6-12-8-24(17(26)15(9)12)10(2)18(19,20)21/h5-7,10H,8H2,1-4H3/t10-/m0/s1. The first-order valence-corrected chi connectivity index (χ1v) is 8.20. The van der Waals surface area contributed by atoms with E-state index in [1.165, 1.54) is 11.0 Å². The van der Waals surface area contributed by atoms with E-state index in [4.69, 9.17) is 4.52 Å². The molecule has 1 aromatic heterocycles. The fourth-order valence-electron chi connectivity index (χ4n) is 3.06. The van der Waals surface area contributed by atoms with Crippen LogP contribution >= 0.6 is 0 Å². The molecule has 1 atom stereocenters. The maximum atomic E-state index is 13.0. The summed E-state index contributed by atoms with van der Waals surface area (Å²) in [6.07, 6.45) is -4.50. The molecule has 0 saturated carbocycles. The highest BCUT2D eigenvalue weighted by atomic mass is 19.4. The molecule has 2 heterocycles. The predicted molar refractivity (Wildman–Crippen MR) is 90.1 cm³/mol.